The van der Waals surface area contributed by atoms with E-state index in [1.165, 1.54) is 0 Å². The molecule has 158 valence electrons. The average molecular weight is 473 g/mol. The molecule has 1 saturated heterocycles. The third-order valence-electron chi connectivity index (χ3n) is 5.18. The number of amides is 2. The molecule has 7 heteroatoms. The SMILES string of the molecule is Cc1ccc(C)c(N2C[C@@H](C(=O)OCC(=O)Nc3cc(C)c(Br)c(C)c3)CC2=O)c1. The molecule has 2 aromatic carbocycles. The minimum absolute atomic E-state index is 0.0823. The first-order chi connectivity index (χ1) is 14.2. The van der Waals surface area contributed by atoms with Gasteiger partial charge in [0.25, 0.3) is 5.91 Å². The molecule has 6 nitrogen and oxygen atoms in total. The number of benzene rings is 2. The first-order valence-corrected chi connectivity index (χ1v) is 10.6. The van der Waals surface area contributed by atoms with E-state index in [1.54, 1.807) is 4.90 Å². The predicted molar refractivity (Wildman–Crippen MR) is 120 cm³/mol. The highest BCUT2D eigenvalue weighted by Crippen LogP contribution is 2.29. The number of hydrogen-bond acceptors (Lipinski definition) is 4. The summed E-state index contributed by atoms with van der Waals surface area (Å²) in [5, 5.41) is 2.74. The molecule has 30 heavy (non-hydrogen) atoms. The second-order valence-corrected chi connectivity index (χ2v) is 8.57. The Kier molecular flexibility index (Phi) is 6.61. The van der Waals surface area contributed by atoms with Crippen LogP contribution >= 0.6 is 15.9 Å². The molecule has 1 aliphatic rings. The van der Waals surface area contributed by atoms with Crippen LogP contribution in [0.5, 0.6) is 0 Å². The lowest BCUT2D eigenvalue weighted by Gasteiger charge is -2.19. The lowest BCUT2D eigenvalue weighted by atomic mass is 10.1. The van der Waals surface area contributed by atoms with Gasteiger partial charge in [-0.3, -0.25) is 14.4 Å². The second-order valence-electron chi connectivity index (χ2n) is 7.78. The largest absolute Gasteiger partial charge is 0.455 e. The predicted octanol–water partition coefficient (Wildman–Crippen LogP) is 4.22. The lowest BCUT2D eigenvalue weighted by molar-refractivity contribution is -0.151. The van der Waals surface area contributed by atoms with Crippen molar-refractivity contribution in [1.29, 1.82) is 0 Å². The number of esters is 1. The van der Waals surface area contributed by atoms with Gasteiger partial charge in [-0.25, -0.2) is 0 Å². The van der Waals surface area contributed by atoms with Crippen LogP contribution in [0.15, 0.2) is 34.8 Å². The normalized spacial score (nSPS) is 16.0. The van der Waals surface area contributed by atoms with Crippen molar-refractivity contribution >= 4 is 45.1 Å². The average Bonchev–Trinajstić information content (AvgIpc) is 3.07. The second kappa shape index (κ2) is 9.00. The van der Waals surface area contributed by atoms with Gasteiger partial charge in [-0.1, -0.05) is 28.1 Å². The van der Waals surface area contributed by atoms with Crippen molar-refractivity contribution in [2.75, 3.05) is 23.4 Å². The fourth-order valence-electron chi connectivity index (χ4n) is 3.58. The molecule has 1 aliphatic heterocycles. The quantitative estimate of drug-likeness (QED) is 0.660. The van der Waals surface area contributed by atoms with Crippen LogP contribution in [-0.4, -0.2) is 30.9 Å². The van der Waals surface area contributed by atoms with Gasteiger partial charge < -0.3 is 15.0 Å². The Bertz CT molecular complexity index is 995. The molecule has 3 rings (SSSR count). The van der Waals surface area contributed by atoms with Crippen molar-refractivity contribution in [1.82, 2.24) is 0 Å². The molecule has 0 unspecified atom stereocenters. The summed E-state index contributed by atoms with van der Waals surface area (Å²) in [6, 6.07) is 9.57. The van der Waals surface area contributed by atoms with Crippen molar-refractivity contribution in [2.45, 2.75) is 34.1 Å². The Balaban J connectivity index is 1.57. The standard InChI is InChI=1S/C23H25BrN2O4/c1-13-5-6-14(2)19(7-13)26-11-17(10-21(26)28)23(29)30-12-20(27)25-18-8-15(3)22(24)16(4)9-18/h5-9,17H,10-12H2,1-4H3,(H,25,27)/t17-/m0/s1. The van der Waals surface area contributed by atoms with E-state index in [9.17, 15) is 14.4 Å². The number of halogens is 1. The molecule has 2 aromatic rings. The van der Waals surface area contributed by atoms with Crippen LogP contribution < -0.4 is 10.2 Å². The van der Waals surface area contributed by atoms with Gasteiger partial charge in [0, 0.05) is 28.8 Å². The number of rotatable bonds is 5. The number of nitrogens with zero attached hydrogens (tertiary/aromatic N) is 1. The van der Waals surface area contributed by atoms with Crippen molar-refractivity contribution < 1.29 is 19.1 Å². The van der Waals surface area contributed by atoms with Gasteiger partial charge in [0.15, 0.2) is 6.61 Å². The van der Waals surface area contributed by atoms with Gasteiger partial charge >= 0.3 is 5.97 Å². The van der Waals surface area contributed by atoms with Crippen LogP contribution in [-0.2, 0) is 19.1 Å². The van der Waals surface area contributed by atoms with Gasteiger partial charge in [-0.15, -0.1) is 0 Å². The highest BCUT2D eigenvalue weighted by molar-refractivity contribution is 9.10. The molecule has 1 heterocycles. The zero-order valence-corrected chi connectivity index (χ0v) is 19.1. The summed E-state index contributed by atoms with van der Waals surface area (Å²) < 4.78 is 6.18. The number of aryl methyl sites for hydroxylation is 4. The van der Waals surface area contributed by atoms with Crippen LogP contribution in [0.3, 0.4) is 0 Å². The maximum atomic E-state index is 12.5. The molecule has 1 fully saturated rings. The molecule has 0 saturated carbocycles. The van der Waals surface area contributed by atoms with Crippen LogP contribution in [0.2, 0.25) is 0 Å². The van der Waals surface area contributed by atoms with E-state index in [-0.39, 0.29) is 25.5 Å². The highest BCUT2D eigenvalue weighted by Gasteiger charge is 2.36. The van der Waals surface area contributed by atoms with E-state index in [0.29, 0.717) is 5.69 Å². The fourth-order valence-corrected chi connectivity index (χ4v) is 3.81. The first kappa shape index (κ1) is 22.0. The van der Waals surface area contributed by atoms with Gasteiger partial charge in [-0.2, -0.15) is 0 Å². The van der Waals surface area contributed by atoms with Gasteiger partial charge in [0.1, 0.15) is 0 Å². The Morgan fingerprint density at radius 2 is 1.77 bits per heavy atom. The molecule has 0 aromatic heterocycles. The van der Waals surface area contributed by atoms with E-state index >= 15 is 0 Å². The number of ether oxygens (including phenoxy) is 1. The van der Waals surface area contributed by atoms with Crippen molar-refractivity contribution in [2.24, 2.45) is 5.92 Å². The minimum atomic E-state index is -0.581. The Morgan fingerprint density at radius 1 is 1.10 bits per heavy atom. The van der Waals surface area contributed by atoms with Crippen molar-refractivity contribution in [3.05, 3.63) is 57.1 Å². The van der Waals surface area contributed by atoms with Crippen LogP contribution in [0.25, 0.3) is 0 Å². The summed E-state index contributed by atoms with van der Waals surface area (Å²) in [7, 11) is 0. The van der Waals surface area contributed by atoms with Gasteiger partial charge in [0.05, 0.1) is 5.92 Å². The van der Waals surface area contributed by atoms with Gasteiger partial charge in [0.2, 0.25) is 5.91 Å². The minimum Gasteiger partial charge on any atom is -0.455 e. The maximum absolute atomic E-state index is 12.5. The third-order valence-corrected chi connectivity index (χ3v) is 6.43. The Morgan fingerprint density at radius 3 is 2.43 bits per heavy atom. The molecule has 2 amide bonds. The van der Waals surface area contributed by atoms with E-state index in [1.807, 2.05) is 58.0 Å². The monoisotopic (exact) mass is 472 g/mol. The first-order valence-electron chi connectivity index (χ1n) is 9.76. The Labute approximate surface area is 184 Å². The van der Waals surface area contributed by atoms with E-state index in [4.69, 9.17) is 4.74 Å². The summed E-state index contributed by atoms with van der Waals surface area (Å²) in [4.78, 5) is 38.7. The number of anilines is 2. The van der Waals surface area contributed by atoms with Crippen LogP contribution in [0, 0.1) is 33.6 Å². The number of carbonyl (C=O) groups excluding carboxylic acids is 3. The molecule has 0 spiro atoms. The van der Waals surface area contributed by atoms with E-state index in [2.05, 4.69) is 21.2 Å². The summed E-state index contributed by atoms with van der Waals surface area (Å²) >= 11 is 3.49. The number of nitrogens with one attached hydrogen (secondary N) is 1. The molecule has 0 bridgehead atoms. The van der Waals surface area contributed by atoms with E-state index < -0.39 is 17.8 Å². The number of carbonyl (C=O) groups is 3. The van der Waals surface area contributed by atoms with E-state index in [0.717, 1.165) is 32.4 Å². The van der Waals surface area contributed by atoms with Crippen molar-refractivity contribution in [3.63, 3.8) is 0 Å². The lowest BCUT2D eigenvalue weighted by Crippen LogP contribution is -2.28. The summed E-state index contributed by atoms with van der Waals surface area (Å²) in [5.74, 6) is -1.65. The summed E-state index contributed by atoms with van der Waals surface area (Å²) in [5.41, 5.74) is 5.48. The molecule has 0 aliphatic carbocycles. The summed E-state index contributed by atoms with van der Waals surface area (Å²) in [6.45, 7) is 7.64. The Hall–Kier alpha value is -2.67. The van der Waals surface area contributed by atoms with Crippen LogP contribution in [0.1, 0.15) is 28.7 Å². The summed E-state index contributed by atoms with van der Waals surface area (Å²) in [6.07, 6.45) is 0.0823. The van der Waals surface area contributed by atoms with Gasteiger partial charge in [-0.05, 0) is 68.1 Å². The van der Waals surface area contributed by atoms with Crippen LogP contribution in [0.4, 0.5) is 11.4 Å². The van der Waals surface area contributed by atoms with Crippen molar-refractivity contribution in [3.8, 4) is 0 Å². The molecule has 0 radical (unpaired) electrons. The highest BCUT2D eigenvalue weighted by atomic mass is 79.9. The maximum Gasteiger partial charge on any atom is 0.311 e. The molecular formula is C23H25BrN2O4. The third kappa shape index (κ3) is 4.90. The molecule has 1 N–H and O–H groups in total. The molecule has 1 atom stereocenters. The zero-order valence-electron chi connectivity index (χ0n) is 17.5. The zero-order chi connectivity index (χ0) is 22.0. The molecular weight excluding hydrogens is 448 g/mol. The topological polar surface area (TPSA) is 75.7 Å². The number of hydrogen-bond donors (Lipinski definition) is 1. The smallest absolute Gasteiger partial charge is 0.311 e. The fraction of sp³-hybridized carbons (Fsp3) is 0.348.